The van der Waals surface area contributed by atoms with E-state index in [9.17, 15) is 9.18 Å². The lowest BCUT2D eigenvalue weighted by Gasteiger charge is -2.20. The second-order valence-electron chi connectivity index (χ2n) is 6.47. The van der Waals surface area contributed by atoms with Gasteiger partial charge in [0.2, 0.25) is 0 Å². The van der Waals surface area contributed by atoms with Crippen molar-refractivity contribution in [1.82, 2.24) is 0 Å². The van der Waals surface area contributed by atoms with Crippen LogP contribution in [0, 0.1) is 5.82 Å². The maximum absolute atomic E-state index is 13.7. The van der Waals surface area contributed by atoms with Crippen molar-refractivity contribution in [2.24, 2.45) is 5.73 Å². The number of carbonyl (C=O) groups excluding carboxylic acids is 1. The Morgan fingerprint density at radius 3 is 2.65 bits per heavy atom. The van der Waals surface area contributed by atoms with Gasteiger partial charge in [0.1, 0.15) is 11.4 Å². The van der Waals surface area contributed by atoms with Gasteiger partial charge in [0, 0.05) is 11.2 Å². The number of hydrogen-bond acceptors (Lipinski definition) is 3. The Kier molecular flexibility index (Phi) is 3.73. The molecule has 1 saturated carbocycles. The van der Waals surface area contributed by atoms with E-state index in [1.807, 2.05) is 0 Å². The van der Waals surface area contributed by atoms with Gasteiger partial charge in [-0.05, 0) is 63.8 Å². The third-order valence-electron chi connectivity index (χ3n) is 3.13. The second kappa shape index (κ2) is 5.05. The lowest BCUT2D eigenvalue weighted by atomic mass is 10.0. The second-order valence-corrected chi connectivity index (χ2v) is 6.47. The minimum atomic E-state index is -0.567. The summed E-state index contributed by atoms with van der Waals surface area (Å²) in [7, 11) is 0. The number of benzene rings is 1. The molecule has 0 atom stereocenters. The predicted octanol–water partition coefficient (Wildman–Crippen LogP) is 3.21. The Labute approximate surface area is 118 Å². The van der Waals surface area contributed by atoms with Crippen molar-refractivity contribution in [3.05, 3.63) is 29.6 Å². The Morgan fingerprint density at radius 2 is 2.10 bits per heavy atom. The van der Waals surface area contributed by atoms with Gasteiger partial charge in [0.15, 0.2) is 0 Å². The maximum atomic E-state index is 13.7. The van der Waals surface area contributed by atoms with Gasteiger partial charge in [0.05, 0.1) is 0 Å². The number of hydrogen-bond donors (Lipinski definition) is 2. The Hall–Kier alpha value is -1.62. The first kappa shape index (κ1) is 14.8. The molecule has 0 spiro atoms. The quantitative estimate of drug-likeness (QED) is 0.893. The van der Waals surface area contributed by atoms with E-state index < -0.39 is 11.7 Å². The molecule has 0 saturated heterocycles. The predicted molar refractivity (Wildman–Crippen MR) is 76.1 cm³/mol. The highest BCUT2D eigenvalue weighted by molar-refractivity contribution is 5.84. The summed E-state index contributed by atoms with van der Waals surface area (Å²) in [6, 6.07) is 4.47. The molecular formula is C15H21FN2O2. The SMILES string of the molecule is CC(C)(C)OC(=O)Nc1ccc(F)c(CC2(N)CC2)c1. The molecule has 110 valence electrons. The maximum Gasteiger partial charge on any atom is 0.412 e. The molecule has 2 rings (SSSR count). The number of carbonyl (C=O) groups is 1. The van der Waals surface area contributed by atoms with E-state index in [2.05, 4.69) is 5.32 Å². The fraction of sp³-hybridized carbons (Fsp3) is 0.533. The number of halogens is 1. The van der Waals surface area contributed by atoms with Gasteiger partial charge in [0.25, 0.3) is 0 Å². The monoisotopic (exact) mass is 280 g/mol. The molecule has 3 N–H and O–H groups in total. The lowest BCUT2D eigenvalue weighted by molar-refractivity contribution is 0.0636. The highest BCUT2D eigenvalue weighted by atomic mass is 19.1. The molecule has 5 heteroatoms. The van der Waals surface area contributed by atoms with Crippen LogP contribution in [0.4, 0.5) is 14.9 Å². The van der Waals surface area contributed by atoms with Crippen LogP contribution in [0.5, 0.6) is 0 Å². The third kappa shape index (κ3) is 4.20. The minimum absolute atomic E-state index is 0.272. The standard InChI is InChI=1S/C15H21FN2O2/c1-14(2,3)20-13(19)18-11-4-5-12(16)10(8-11)9-15(17)6-7-15/h4-5,8H,6-7,9,17H2,1-3H3,(H,18,19). The molecule has 1 amide bonds. The van der Waals surface area contributed by atoms with E-state index >= 15 is 0 Å². The number of nitrogens with two attached hydrogens (primary N) is 1. The van der Waals surface area contributed by atoms with Crippen LogP contribution in [0.15, 0.2) is 18.2 Å². The van der Waals surface area contributed by atoms with E-state index in [1.165, 1.54) is 12.1 Å². The lowest BCUT2D eigenvalue weighted by Crippen LogP contribution is -2.27. The summed E-state index contributed by atoms with van der Waals surface area (Å²) in [4.78, 5) is 11.7. The molecule has 4 nitrogen and oxygen atoms in total. The van der Waals surface area contributed by atoms with Crippen LogP contribution >= 0.6 is 0 Å². The van der Waals surface area contributed by atoms with Crippen molar-refractivity contribution >= 4 is 11.8 Å². The molecule has 1 aromatic rings. The summed E-state index contributed by atoms with van der Waals surface area (Å²) < 4.78 is 18.9. The Bertz CT molecular complexity index is 519. The van der Waals surface area contributed by atoms with Crippen LogP contribution in [0.2, 0.25) is 0 Å². The topological polar surface area (TPSA) is 64.3 Å². The summed E-state index contributed by atoms with van der Waals surface area (Å²) in [5.74, 6) is -0.295. The van der Waals surface area contributed by atoms with Gasteiger partial charge in [-0.1, -0.05) is 0 Å². The third-order valence-corrected chi connectivity index (χ3v) is 3.13. The normalized spacial score (nSPS) is 16.6. The molecule has 1 aromatic carbocycles. The molecule has 0 unspecified atom stereocenters. The van der Waals surface area contributed by atoms with E-state index in [0.717, 1.165) is 12.8 Å². The fourth-order valence-corrected chi connectivity index (χ4v) is 1.93. The molecular weight excluding hydrogens is 259 g/mol. The number of nitrogens with one attached hydrogen (secondary N) is 1. The molecule has 0 radical (unpaired) electrons. The number of anilines is 1. The van der Waals surface area contributed by atoms with Crippen LogP contribution in [-0.2, 0) is 11.2 Å². The minimum Gasteiger partial charge on any atom is -0.444 e. The first-order valence-corrected chi connectivity index (χ1v) is 6.74. The summed E-state index contributed by atoms with van der Waals surface area (Å²) in [6.07, 6.45) is 1.76. The smallest absolute Gasteiger partial charge is 0.412 e. The van der Waals surface area contributed by atoms with E-state index in [0.29, 0.717) is 17.7 Å². The molecule has 1 aliphatic carbocycles. The molecule has 20 heavy (non-hydrogen) atoms. The van der Waals surface area contributed by atoms with Gasteiger partial charge >= 0.3 is 6.09 Å². The van der Waals surface area contributed by atoms with Crippen molar-refractivity contribution in [1.29, 1.82) is 0 Å². The van der Waals surface area contributed by atoms with Gasteiger partial charge < -0.3 is 10.5 Å². The van der Waals surface area contributed by atoms with E-state index in [1.54, 1.807) is 26.8 Å². The van der Waals surface area contributed by atoms with Gasteiger partial charge in [-0.15, -0.1) is 0 Å². The van der Waals surface area contributed by atoms with Crippen molar-refractivity contribution < 1.29 is 13.9 Å². The van der Waals surface area contributed by atoms with Crippen molar-refractivity contribution in [3.63, 3.8) is 0 Å². The zero-order chi connectivity index (χ0) is 15.0. The average molecular weight is 280 g/mol. The molecule has 0 bridgehead atoms. The summed E-state index contributed by atoms with van der Waals surface area (Å²) in [5, 5.41) is 2.60. The zero-order valence-corrected chi connectivity index (χ0v) is 12.1. The molecule has 0 heterocycles. The number of ether oxygens (including phenoxy) is 1. The fourth-order valence-electron chi connectivity index (χ4n) is 1.93. The average Bonchev–Trinajstić information content (AvgIpc) is 2.98. The van der Waals surface area contributed by atoms with Gasteiger partial charge in [-0.3, -0.25) is 5.32 Å². The molecule has 1 aliphatic rings. The highest BCUT2D eigenvalue weighted by Gasteiger charge is 2.38. The largest absolute Gasteiger partial charge is 0.444 e. The van der Waals surface area contributed by atoms with Crippen LogP contribution in [-0.4, -0.2) is 17.2 Å². The van der Waals surface area contributed by atoms with Crippen molar-refractivity contribution in [2.45, 2.75) is 51.2 Å². The van der Waals surface area contributed by atoms with Crippen LogP contribution < -0.4 is 11.1 Å². The first-order valence-electron chi connectivity index (χ1n) is 6.74. The Balaban J connectivity index is 2.05. The summed E-state index contributed by atoms with van der Waals surface area (Å²) in [5.41, 5.74) is 6.20. The van der Waals surface area contributed by atoms with Crippen LogP contribution in [0.3, 0.4) is 0 Å². The van der Waals surface area contributed by atoms with E-state index in [-0.39, 0.29) is 11.4 Å². The summed E-state index contributed by atoms with van der Waals surface area (Å²) >= 11 is 0. The number of amides is 1. The molecule has 0 aliphatic heterocycles. The van der Waals surface area contributed by atoms with Gasteiger partial charge in [-0.25, -0.2) is 9.18 Å². The zero-order valence-electron chi connectivity index (χ0n) is 12.1. The summed E-state index contributed by atoms with van der Waals surface area (Å²) in [6.45, 7) is 5.36. The Morgan fingerprint density at radius 1 is 1.45 bits per heavy atom. The van der Waals surface area contributed by atoms with Crippen molar-refractivity contribution in [3.8, 4) is 0 Å². The van der Waals surface area contributed by atoms with E-state index in [4.69, 9.17) is 10.5 Å². The first-order chi connectivity index (χ1) is 9.17. The molecule has 0 aromatic heterocycles. The van der Waals surface area contributed by atoms with Crippen LogP contribution in [0.25, 0.3) is 0 Å². The van der Waals surface area contributed by atoms with Gasteiger partial charge in [-0.2, -0.15) is 0 Å². The number of rotatable bonds is 3. The van der Waals surface area contributed by atoms with Crippen molar-refractivity contribution in [2.75, 3.05) is 5.32 Å². The highest BCUT2D eigenvalue weighted by Crippen LogP contribution is 2.36. The molecule has 1 fully saturated rings. The van der Waals surface area contributed by atoms with Crippen LogP contribution in [0.1, 0.15) is 39.2 Å².